The fourth-order valence-electron chi connectivity index (χ4n) is 3.20. The van der Waals surface area contributed by atoms with E-state index in [-0.39, 0.29) is 6.10 Å². The zero-order chi connectivity index (χ0) is 13.3. The first-order valence-electron chi connectivity index (χ1n) is 7.32. The van der Waals surface area contributed by atoms with Crippen LogP contribution in [0.3, 0.4) is 0 Å². The number of aliphatic hydroxyl groups is 1. The van der Waals surface area contributed by atoms with Crippen molar-refractivity contribution >= 4 is 0 Å². The molecule has 2 heterocycles. The minimum Gasteiger partial charge on any atom is -0.392 e. The summed E-state index contributed by atoms with van der Waals surface area (Å²) < 4.78 is 11.0. The topological polar surface area (TPSA) is 68.4 Å². The predicted octanol–water partition coefficient (Wildman–Crippen LogP) is 2.19. The van der Waals surface area contributed by atoms with Crippen molar-refractivity contribution in [1.29, 1.82) is 0 Å². The first-order valence-corrected chi connectivity index (χ1v) is 7.32. The molecule has 0 amide bonds. The second-order valence-electron chi connectivity index (χ2n) is 6.01. The fraction of sp³-hybridized carbons (Fsp3) is 0.857. The quantitative estimate of drug-likeness (QED) is 0.904. The van der Waals surface area contributed by atoms with Gasteiger partial charge in [-0.25, -0.2) is 0 Å². The van der Waals surface area contributed by atoms with Gasteiger partial charge in [0.25, 0.3) is 0 Å². The molecule has 0 aromatic carbocycles. The van der Waals surface area contributed by atoms with Crippen LogP contribution in [0, 0.1) is 5.92 Å². The molecule has 1 aromatic heterocycles. The van der Waals surface area contributed by atoms with Gasteiger partial charge in [0.05, 0.1) is 12.5 Å². The van der Waals surface area contributed by atoms with E-state index in [0.29, 0.717) is 24.1 Å². The van der Waals surface area contributed by atoms with Crippen LogP contribution in [0.5, 0.6) is 0 Å². The second kappa shape index (κ2) is 5.21. The minimum absolute atomic E-state index is 0.354. The Kier molecular flexibility index (Phi) is 3.58. The van der Waals surface area contributed by atoms with Crippen LogP contribution in [0.1, 0.15) is 57.2 Å². The number of rotatable bonds is 4. The Bertz CT molecular complexity index is 420. The van der Waals surface area contributed by atoms with E-state index < -0.39 is 5.60 Å². The molecule has 1 aliphatic carbocycles. The van der Waals surface area contributed by atoms with Gasteiger partial charge in [0.15, 0.2) is 0 Å². The summed E-state index contributed by atoms with van der Waals surface area (Å²) in [5.41, 5.74) is -0.403. The maximum Gasteiger partial charge on any atom is 0.229 e. The van der Waals surface area contributed by atoms with Gasteiger partial charge in [-0.15, -0.1) is 0 Å². The van der Waals surface area contributed by atoms with E-state index in [1.165, 1.54) is 12.8 Å². The van der Waals surface area contributed by atoms with Crippen LogP contribution < -0.4 is 0 Å². The first kappa shape index (κ1) is 13.1. The van der Waals surface area contributed by atoms with Gasteiger partial charge in [0.1, 0.15) is 5.60 Å². The van der Waals surface area contributed by atoms with Gasteiger partial charge in [-0.2, -0.15) is 4.98 Å². The highest BCUT2D eigenvalue weighted by Crippen LogP contribution is 2.34. The molecule has 2 unspecified atom stereocenters. The highest BCUT2D eigenvalue weighted by atomic mass is 16.5. The summed E-state index contributed by atoms with van der Waals surface area (Å²) >= 11 is 0. The van der Waals surface area contributed by atoms with E-state index >= 15 is 0 Å². The van der Waals surface area contributed by atoms with E-state index in [9.17, 15) is 5.11 Å². The second-order valence-corrected chi connectivity index (χ2v) is 6.01. The highest BCUT2D eigenvalue weighted by molar-refractivity contribution is 5.02. The third-order valence-electron chi connectivity index (χ3n) is 4.49. The summed E-state index contributed by atoms with van der Waals surface area (Å²) in [4.78, 5) is 4.41. The lowest BCUT2D eigenvalue weighted by Gasteiger charge is -2.17. The van der Waals surface area contributed by atoms with Crippen molar-refractivity contribution in [3.63, 3.8) is 0 Å². The molecule has 0 spiro atoms. The normalized spacial score (nSPS) is 30.0. The Morgan fingerprint density at radius 1 is 1.37 bits per heavy atom. The molecular formula is C14H22N2O3. The zero-order valence-electron chi connectivity index (χ0n) is 11.5. The smallest absolute Gasteiger partial charge is 0.229 e. The van der Waals surface area contributed by atoms with Gasteiger partial charge < -0.3 is 14.4 Å². The van der Waals surface area contributed by atoms with Crippen LogP contribution in [-0.4, -0.2) is 28.0 Å². The lowest BCUT2D eigenvalue weighted by Crippen LogP contribution is -2.22. The Morgan fingerprint density at radius 3 is 2.84 bits per heavy atom. The van der Waals surface area contributed by atoms with Crippen molar-refractivity contribution in [3.8, 4) is 0 Å². The summed E-state index contributed by atoms with van der Waals surface area (Å²) in [5.74, 6) is 1.55. The number of nitrogens with zero attached hydrogens (tertiary/aromatic N) is 2. The van der Waals surface area contributed by atoms with Gasteiger partial charge in [0.2, 0.25) is 11.7 Å². The fourth-order valence-corrected chi connectivity index (χ4v) is 3.20. The van der Waals surface area contributed by atoms with Gasteiger partial charge in [-0.3, -0.25) is 0 Å². The van der Waals surface area contributed by atoms with E-state index in [1.54, 1.807) is 0 Å². The molecule has 5 heteroatoms. The zero-order valence-corrected chi connectivity index (χ0v) is 11.5. The molecule has 2 aliphatic rings. The molecule has 19 heavy (non-hydrogen) atoms. The van der Waals surface area contributed by atoms with Crippen LogP contribution >= 0.6 is 0 Å². The average molecular weight is 266 g/mol. The third kappa shape index (κ3) is 2.67. The molecule has 1 aromatic rings. The molecule has 5 nitrogen and oxygen atoms in total. The minimum atomic E-state index is -0.403. The molecule has 1 saturated heterocycles. The summed E-state index contributed by atoms with van der Waals surface area (Å²) in [6.45, 7) is 2.76. The van der Waals surface area contributed by atoms with E-state index in [2.05, 4.69) is 10.1 Å². The molecule has 0 radical (unpaired) electrons. The third-order valence-corrected chi connectivity index (χ3v) is 4.49. The summed E-state index contributed by atoms with van der Waals surface area (Å²) in [7, 11) is 0. The van der Waals surface area contributed by atoms with Gasteiger partial charge in [-0.1, -0.05) is 18.0 Å². The summed E-state index contributed by atoms with van der Waals surface area (Å²) in [5, 5.41) is 14.2. The van der Waals surface area contributed by atoms with Crippen molar-refractivity contribution in [1.82, 2.24) is 10.1 Å². The summed E-state index contributed by atoms with van der Waals surface area (Å²) in [6.07, 6.45) is 6.75. The molecule has 3 rings (SSSR count). The summed E-state index contributed by atoms with van der Waals surface area (Å²) in [6, 6.07) is 0. The molecular weight excluding hydrogens is 244 g/mol. The highest BCUT2D eigenvalue weighted by Gasteiger charge is 2.37. The standard InChI is InChI=1S/C14H22N2O3/c1-14(7-4-8-18-14)13-15-12(19-16-13)9-11(17)10-5-2-3-6-10/h10-11,17H,2-9H2,1H3. The lowest BCUT2D eigenvalue weighted by atomic mass is 9.98. The van der Waals surface area contributed by atoms with E-state index in [1.807, 2.05) is 6.92 Å². The Hall–Kier alpha value is -0.940. The van der Waals surface area contributed by atoms with Crippen molar-refractivity contribution in [2.45, 2.75) is 63.6 Å². The van der Waals surface area contributed by atoms with Crippen LogP contribution in [0.4, 0.5) is 0 Å². The number of aliphatic hydroxyl groups excluding tert-OH is 1. The number of aromatic nitrogens is 2. The van der Waals surface area contributed by atoms with Gasteiger partial charge >= 0.3 is 0 Å². The number of hydrogen-bond donors (Lipinski definition) is 1. The van der Waals surface area contributed by atoms with Crippen LogP contribution in [-0.2, 0) is 16.8 Å². The van der Waals surface area contributed by atoms with Crippen LogP contribution in [0.25, 0.3) is 0 Å². The average Bonchev–Trinajstić information content (AvgIpc) is 3.09. The molecule has 106 valence electrons. The van der Waals surface area contributed by atoms with Crippen molar-refractivity contribution in [2.24, 2.45) is 5.92 Å². The lowest BCUT2D eigenvalue weighted by molar-refractivity contribution is 0.00768. The molecule has 1 N–H and O–H groups in total. The molecule has 2 atom stereocenters. The van der Waals surface area contributed by atoms with Gasteiger partial charge in [0, 0.05) is 6.61 Å². The molecule has 2 fully saturated rings. The molecule has 0 bridgehead atoms. The van der Waals surface area contributed by atoms with Crippen molar-refractivity contribution < 1.29 is 14.4 Å². The number of hydrogen-bond acceptors (Lipinski definition) is 5. The molecule has 1 saturated carbocycles. The Balaban J connectivity index is 1.64. The van der Waals surface area contributed by atoms with Crippen LogP contribution in [0.15, 0.2) is 4.52 Å². The monoisotopic (exact) mass is 266 g/mol. The van der Waals surface area contributed by atoms with Crippen molar-refractivity contribution in [2.75, 3.05) is 6.61 Å². The SMILES string of the molecule is CC1(c2noc(CC(O)C3CCCC3)n2)CCCO1. The Labute approximate surface area is 113 Å². The maximum absolute atomic E-state index is 10.2. The number of ether oxygens (including phenoxy) is 1. The largest absolute Gasteiger partial charge is 0.392 e. The predicted molar refractivity (Wildman–Crippen MR) is 68.5 cm³/mol. The van der Waals surface area contributed by atoms with E-state index in [4.69, 9.17) is 9.26 Å². The van der Waals surface area contributed by atoms with Crippen molar-refractivity contribution in [3.05, 3.63) is 11.7 Å². The first-order chi connectivity index (χ1) is 9.17. The Morgan fingerprint density at radius 2 is 2.16 bits per heavy atom. The van der Waals surface area contributed by atoms with E-state index in [0.717, 1.165) is 32.3 Å². The van der Waals surface area contributed by atoms with Crippen LogP contribution in [0.2, 0.25) is 0 Å². The van der Waals surface area contributed by atoms with Gasteiger partial charge in [-0.05, 0) is 38.5 Å². The molecule has 1 aliphatic heterocycles. The maximum atomic E-state index is 10.2.